The Morgan fingerprint density at radius 3 is 2.55 bits per heavy atom. The quantitative estimate of drug-likeness (QED) is 0.197. The Hall–Kier alpha value is -4.83. The van der Waals surface area contributed by atoms with Gasteiger partial charge in [-0.25, -0.2) is 27.6 Å². The number of halogens is 6. The van der Waals surface area contributed by atoms with Gasteiger partial charge in [0, 0.05) is 17.9 Å². The summed E-state index contributed by atoms with van der Waals surface area (Å²) in [6.07, 6.45) is -1.86. The molecule has 47 heavy (non-hydrogen) atoms. The van der Waals surface area contributed by atoms with Gasteiger partial charge in [-0.05, 0) is 72.2 Å². The van der Waals surface area contributed by atoms with Gasteiger partial charge in [-0.3, -0.25) is 4.90 Å². The molecule has 0 bridgehead atoms. The number of rotatable bonds is 7. The number of aliphatic imine (C=N–C) groups is 1. The Labute approximate surface area is 267 Å². The molecule has 1 saturated carbocycles. The molecule has 2 amide bonds. The van der Waals surface area contributed by atoms with Crippen molar-refractivity contribution in [2.24, 2.45) is 4.99 Å². The second-order valence-corrected chi connectivity index (χ2v) is 11.7. The van der Waals surface area contributed by atoms with Crippen LogP contribution >= 0.6 is 11.8 Å². The van der Waals surface area contributed by atoms with E-state index < -0.39 is 36.3 Å². The minimum Gasteiger partial charge on any atom is -0.406 e. The maximum absolute atomic E-state index is 14.9. The highest BCUT2D eigenvalue weighted by atomic mass is 32.2. The lowest BCUT2D eigenvalue weighted by atomic mass is 10.0. The third-order valence-corrected chi connectivity index (χ3v) is 8.22. The number of nitrogens with zero attached hydrogens (tertiary/aromatic N) is 5. The van der Waals surface area contributed by atoms with E-state index >= 15 is 0 Å². The SMILES string of the molecule is Cc1ccc(C2CC2(F)F)c(N2C(=NC(=O)Nc3ccc(/C=C/c4ncn(-c5ccc(OC(F)(F)F)cc5)n4)cc3F)SCC2O)c1. The van der Waals surface area contributed by atoms with E-state index in [2.05, 4.69) is 25.1 Å². The fourth-order valence-corrected chi connectivity index (χ4v) is 5.85. The molecule has 2 fully saturated rings. The summed E-state index contributed by atoms with van der Waals surface area (Å²) in [4.78, 5) is 22.3. The number of carbonyl (C=O) groups is 1. The van der Waals surface area contributed by atoms with Gasteiger partial charge in [0.2, 0.25) is 0 Å². The number of amides is 2. The largest absolute Gasteiger partial charge is 0.573 e. The third kappa shape index (κ3) is 7.44. The number of nitrogens with one attached hydrogen (secondary N) is 1. The second kappa shape index (κ2) is 12.4. The van der Waals surface area contributed by atoms with Crippen molar-refractivity contribution in [3.05, 3.63) is 95.3 Å². The molecule has 2 N–H and O–H groups in total. The van der Waals surface area contributed by atoms with Crippen LogP contribution < -0.4 is 15.0 Å². The monoisotopic (exact) mass is 674 g/mol. The highest BCUT2D eigenvalue weighted by Gasteiger charge is 2.58. The van der Waals surface area contributed by atoms with Crippen LogP contribution in [0.1, 0.15) is 34.9 Å². The number of urea groups is 1. The number of hydrogen-bond acceptors (Lipinski definition) is 6. The van der Waals surface area contributed by atoms with E-state index in [1.807, 2.05) is 0 Å². The Morgan fingerprint density at radius 1 is 1.13 bits per heavy atom. The van der Waals surface area contributed by atoms with E-state index in [4.69, 9.17) is 0 Å². The standard InChI is InChI=1S/C31H24F6N6O3S/c1-17-2-9-21(22-14-30(22,33)34)25(12-17)43-27(44)15-47-29(43)40-28(45)39-24-10-3-18(13-23(24)32)4-11-26-38-16-42(41-26)19-5-7-20(8-6-19)46-31(35,36)37/h2-13,16,22,27,44H,14-15H2,1H3,(H,39,45)/b11-4+,40-29?. The highest BCUT2D eigenvalue weighted by Crippen LogP contribution is 2.58. The molecule has 6 rings (SSSR count). The number of aliphatic hydroxyl groups excluding tert-OH is 1. The minimum atomic E-state index is -4.81. The lowest BCUT2D eigenvalue weighted by molar-refractivity contribution is -0.274. The molecule has 3 aromatic carbocycles. The average molecular weight is 675 g/mol. The predicted molar refractivity (Wildman–Crippen MR) is 164 cm³/mol. The van der Waals surface area contributed by atoms with Crippen molar-refractivity contribution in [3.63, 3.8) is 0 Å². The lowest BCUT2D eigenvalue weighted by Crippen LogP contribution is -2.35. The van der Waals surface area contributed by atoms with Crippen molar-refractivity contribution in [2.45, 2.75) is 37.8 Å². The van der Waals surface area contributed by atoms with Crippen molar-refractivity contribution in [1.29, 1.82) is 0 Å². The van der Waals surface area contributed by atoms with Gasteiger partial charge in [-0.15, -0.1) is 18.3 Å². The second-order valence-electron chi connectivity index (χ2n) is 10.7. The predicted octanol–water partition coefficient (Wildman–Crippen LogP) is 7.37. The van der Waals surface area contributed by atoms with Gasteiger partial charge in [0.25, 0.3) is 5.92 Å². The summed E-state index contributed by atoms with van der Waals surface area (Å²) in [6.45, 7) is 1.78. The zero-order valence-electron chi connectivity index (χ0n) is 24.3. The first-order valence-corrected chi connectivity index (χ1v) is 15.0. The zero-order valence-corrected chi connectivity index (χ0v) is 25.1. The van der Waals surface area contributed by atoms with Gasteiger partial charge in [-0.2, -0.15) is 4.99 Å². The Bertz CT molecular complexity index is 1880. The number of amidine groups is 1. The van der Waals surface area contributed by atoms with Crippen molar-refractivity contribution >= 4 is 46.5 Å². The van der Waals surface area contributed by atoms with E-state index in [1.165, 1.54) is 52.3 Å². The Kier molecular flexibility index (Phi) is 8.48. The van der Waals surface area contributed by atoms with E-state index in [0.29, 0.717) is 22.5 Å². The number of ether oxygens (including phenoxy) is 1. The van der Waals surface area contributed by atoms with Gasteiger partial charge in [0.15, 0.2) is 11.0 Å². The maximum atomic E-state index is 14.9. The fraction of sp³-hybridized carbons (Fsp3) is 0.226. The number of aryl methyl sites for hydroxylation is 1. The van der Waals surface area contributed by atoms with E-state index in [0.717, 1.165) is 35.5 Å². The fourth-order valence-electron chi connectivity index (χ4n) is 4.89. The van der Waals surface area contributed by atoms with Crippen molar-refractivity contribution in [2.75, 3.05) is 16.0 Å². The highest BCUT2D eigenvalue weighted by molar-refractivity contribution is 8.14. The molecule has 0 spiro atoms. The normalized spacial score (nSPS) is 19.8. The van der Waals surface area contributed by atoms with Gasteiger partial charge in [0.05, 0.1) is 17.3 Å². The molecule has 244 valence electrons. The number of anilines is 2. The average Bonchev–Trinajstić information content (AvgIpc) is 3.29. The molecule has 2 unspecified atom stereocenters. The number of benzene rings is 3. The molecular formula is C31H24F6N6O3S. The van der Waals surface area contributed by atoms with Crippen molar-refractivity contribution in [3.8, 4) is 11.4 Å². The molecule has 4 aromatic rings. The number of hydrogen-bond donors (Lipinski definition) is 2. The molecule has 1 saturated heterocycles. The van der Waals surface area contributed by atoms with Crippen LogP contribution in [-0.4, -0.2) is 55.3 Å². The molecule has 2 heterocycles. The van der Waals surface area contributed by atoms with E-state index in [-0.39, 0.29) is 34.6 Å². The summed E-state index contributed by atoms with van der Waals surface area (Å²) in [6, 6.07) is 13.1. The van der Waals surface area contributed by atoms with Gasteiger partial charge >= 0.3 is 12.4 Å². The van der Waals surface area contributed by atoms with E-state index in [9.17, 15) is 36.2 Å². The Balaban J connectivity index is 1.12. The molecule has 1 aliphatic carbocycles. The van der Waals surface area contributed by atoms with Crippen LogP contribution in [0.15, 0.2) is 72.0 Å². The smallest absolute Gasteiger partial charge is 0.406 e. The van der Waals surface area contributed by atoms with E-state index in [1.54, 1.807) is 25.1 Å². The van der Waals surface area contributed by atoms with Gasteiger partial charge in [-0.1, -0.05) is 36.0 Å². The molecule has 1 aromatic heterocycles. The molecule has 16 heteroatoms. The molecule has 0 radical (unpaired) electrons. The number of aliphatic hydroxyl groups is 1. The summed E-state index contributed by atoms with van der Waals surface area (Å²) in [5, 5.41) is 17.3. The first kappa shape index (κ1) is 32.1. The van der Waals surface area contributed by atoms with Crippen LogP contribution in [0.4, 0.5) is 42.5 Å². The first-order chi connectivity index (χ1) is 22.3. The number of thioether (sulfide) groups is 1. The molecule has 9 nitrogen and oxygen atoms in total. The summed E-state index contributed by atoms with van der Waals surface area (Å²) < 4.78 is 85.2. The summed E-state index contributed by atoms with van der Waals surface area (Å²) in [5.41, 5.74) is 2.13. The summed E-state index contributed by atoms with van der Waals surface area (Å²) >= 11 is 1.07. The number of alkyl halides is 5. The van der Waals surface area contributed by atoms with Crippen molar-refractivity contribution in [1.82, 2.24) is 14.8 Å². The van der Waals surface area contributed by atoms with Crippen LogP contribution in [0.25, 0.3) is 17.8 Å². The summed E-state index contributed by atoms with van der Waals surface area (Å²) in [5.74, 6) is -4.62. The van der Waals surface area contributed by atoms with Crippen LogP contribution in [0.3, 0.4) is 0 Å². The maximum Gasteiger partial charge on any atom is 0.573 e. The molecule has 2 atom stereocenters. The summed E-state index contributed by atoms with van der Waals surface area (Å²) in [7, 11) is 0. The minimum absolute atomic E-state index is 0.0864. The molecular weight excluding hydrogens is 650 g/mol. The molecule has 1 aliphatic heterocycles. The number of aromatic nitrogens is 3. The van der Waals surface area contributed by atoms with Crippen LogP contribution in [0.5, 0.6) is 5.75 Å². The van der Waals surface area contributed by atoms with Gasteiger partial charge in [0.1, 0.15) is 24.1 Å². The first-order valence-electron chi connectivity index (χ1n) is 14.0. The third-order valence-electron chi connectivity index (χ3n) is 7.21. The van der Waals surface area contributed by atoms with Crippen LogP contribution in [0, 0.1) is 12.7 Å². The number of carbonyl (C=O) groups excluding carboxylic acids is 1. The van der Waals surface area contributed by atoms with Crippen LogP contribution in [-0.2, 0) is 0 Å². The molecule has 2 aliphatic rings. The lowest BCUT2D eigenvalue weighted by Gasteiger charge is -2.25. The van der Waals surface area contributed by atoms with Crippen molar-refractivity contribution < 1.29 is 41.0 Å². The topological polar surface area (TPSA) is 105 Å². The van der Waals surface area contributed by atoms with Gasteiger partial charge < -0.3 is 15.2 Å². The van der Waals surface area contributed by atoms with Crippen LogP contribution in [0.2, 0.25) is 0 Å². The Morgan fingerprint density at radius 2 is 1.87 bits per heavy atom. The zero-order chi connectivity index (χ0) is 33.5.